The van der Waals surface area contributed by atoms with Gasteiger partial charge < -0.3 is 9.84 Å². The zero-order valence-corrected chi connectivity index (χ0v) is 8.84. The molecule has 0 aliphatic heterocycles. The van der Waals surface area contributed by atoms with Gasteiger partial charge in [0.2, 0.25) is 0 Å². The van der Waals surface area contributed by atoms with Gasteiger partial charge in [0.15, 0.2) is 0 Å². The lowest BCUT2D eigenvalue weighted by molar-refractivity contribution is -0.138. The molecule has 4 nitrogen and oxygen atoms in total. The molecule has 1 saturated carbocycles. The Kier molecular flexibility index (Phi) is 2.64. The van der Waals surface area contributed by atoms with Gasteiger partial charge in [0.05, 0.1) is 18.6 Å². The number of carbonyl (C=O) groups is 2. The summed E-state index contributed by atoms with van der Waals surface area (Å²) in [5.74, 6) is -1.42. The second-order valence-electron chi connectivity index (χ2n) is 3.90. The highest BCUT2D eigenvalue weighted by molar-refractivity contribution is 5.89. The van der Waals surface area contributed by atoms with Crippen molar-refractivity contribution in [3.05, 3.63) is 35.4 Å². The van der Waals surface area contributed by atoms with Crippen molar-refractivity contribution in [3.8, 4) is 0 Å². The van der Waals surface area contributed by atoms with Crippen LogP contribution in [0.1, 0.15) is 28.3 Å². The maximum atomic E-state index is 11.3. The van der Waals surface area contributed by atoms with E-state index in [1.54, 1.807) is 18.2 Å². The number of methoxy groups -OCH3 is 1. The smallest absolute Gasteiger partial charge is 0.337 e. The van der Waals surface area contributed by atoms with E-state index in [1.807, 2.05) is 6.07 Å². The molecule has 0 radical (unpaired) electrons. The van der Waals surface area contributed by atoms with Crippen LogP contribution in [0.2, 0.25) is 0 Å². The van der Waals surface area contributed by atoms with Crippen LogP contribution in [0.25, 0.3) is 0 Å². The van der Waals surface area contributed by atoms with Crippen molar-refractivity contribution in [2.45, 2.75) is 12.3 Å². The third-order valence-corrected chi connectivity index (χ3v) is 2.84. The lowest BCUT2D eigenvalue weighted by Crippen LogP contribution is -2.02. The molecule has 1 fully saturated rings. The minimum absolute atomic E-state index is 0.0436. The van der Waals surface area contributed by atoms with E-state index < -0.39 is 11.9 Å². The number of carboxylic acids is 1. The number of carboxylic acid groups (broad SMARTS) is 1. The first-order valence-electron chi connectivity index (χ1n) is 5.04. The van der Waals surface area contributed by atoms with Gasteiger partial charge in [0.1, 0.15) is 0 Å². The Morgan fingerprint density at radius 1 is 1.44 bits per heavy atom. The highest BCUT2D eigenvalue weighted by atomic mass is 16.5. The van der Waals surface area contributed by atoms with Crippen molar-refractivity contribution in [1.29, 1.82) is 0 Å². The summed E-state index contributed by atoms with van der Waals surface area (Å²) in [4.78, 5) is 22.0. The van der Waals surface area contributed by atoms with E-state index in [-0.39, 0.29) is 11.8 Å². The average Bonchev–Trinajstić information content (AvgIpc) is 3.08. The normalized spacial score (nSPS) is 22.6. The fourth-order valence-electron chi connectivity index (χ4n) is 1.85. The highest BCUT2D eigenvalue weighted by Gasteiger charge is 2.44. The molecule has 1 aromatic rings. The number of hydrogen-bond acceptors (Lipinski definition) is 3. The monoisotopic (exact) mass is 220 g/mol. The van der Waals surface area contributed by atoms with Crippen molar-refractivity contribution >= 4 is 11.9 Å². The number of aliphatic carboxylic acids is 1. The Bertz CT molecular complexity index is 438. The minimum Gasteiger partial charge on any atom is -0.481 e. The zero-order chi connectivity index (χ0) is 11.7. The molecule has 84 valence electrons. The van der Waals surface area contributed by atoms with Gasteiger partial charge in [0.25, 0.3) is 0 Å². The maximum absolute atomic E-state index is 11.3. The Balaban J connectivity index is 2.18. The number of rotatable bonds is 3. The lowest BCUT2D eigenvalue weighted by atomic mass is 10.1. The van der Waals surface area contributed by atoms with Gasteiger partial charge in [0, 0.05) is 0 Å². The summed E-state index contributed by atoms with van der Waals surface area (Å²) >= 11 is 0. The Labute approximate surface area is 92.8 Å². The standard InChI is InChI=1S/C12H12O4/c1-16-12(15)8-4-2-3-7(5-8)9-6-10(9)11(13)14/h2-5,9-10H,6H2,1H3,(H,13,14). The molecule has 0 amide bonds. The summed E-state index contributed by atoms with van der Waals surface area (Å²) < 4.78 is 4.61. The van der Waals surface area contributed by atoms with Gasteiger partial charge >= 0.3 is 11.9 Å². The van der Waals surface area contributed by atoms with Crippen LogP contribution >= 0.6 is 0 Å². The van der Waals surface area contributed by atoms with E-state index in [0.717, 1.165) is 5.56 Å². The summed E-state index contributed by atoms with van der Waals surface area (Å²) in [7, 11) is 1.33. The molecule has 2 rings (SSSR count). The molecule has 1 aliphatic carbocycles. The summed E-state index contributed by atoms with van der Waals surface area (Å²) in [6.07, 6.45) is 0.653. The molecule has 0 aromatic heterocycles. The molecule has 4 heteroatoms. The summed E-state index contributed by atoms with van der Waals surface area (Å²) in [5, 5.41) is 8.82. The molecule has 16 heavy (non-hydrogen) atoms. The van der Waals surface area contributed by atoms with Crippen molar-refractivity contribution in [2.24, 2.45) is 5.92 Å². The first kappa shape index (κ1) is 10.7. The maximum Gasteiger partial charge on any atom is 0.337 e. The van der Waals surface area contributed by atoms with Gasteiger partial charge in [-0.05, 0) is 30.0 Å². The van der Waals surface area contributed by atoms with E-state index in [1.165, 1.54) is 7.11 Å². The molecule has 1 N–H and O–H groups in total. The molecule has 0 saturated heterocycles. The largest absolute Gasteiger partial charge is 0.481 e. The highest BCUT2D eigenvalue weighted by Crippen LogP contribution is 2.47. The zero-order valence-electron chi connectivity index (χ0n) is 8.84. The van der Waals surface area contributed by atoms with E-state index >= 15 is 0 Å². The molecule has 0 spiro atoms. The van der Waals surface area contributed by atoms with Crippen LogP contribution in [-0.4, -0.2) is 24.2 Å². The Morgan fingerprint density at radius 3 is 2.75 bits per heavy atom. The van der Waals surface area contributed by atoms with E-state index in [2.05, 4.69) is 4.74 Å². The van der Waals surface area contributed by atoms with Gasteiger partial charge in [-0.15, -0.1) is 0 Å². The second-order valence-corrected chi connectivity index (χ2v) is 3.90. The topological polar surface area (TPSA) is 63.6 Å². The van der Waals surface area contributed by atoms with Gasteiger partial charge in [-0.1, -0.05) is 12.1 Å². The summed E-state index contributed by atoms with van der Waals surface area (Å²) in [6.45, 7) is 0. The third-order valence-electron chi connectivity index (χ3n) is 2.84. The second kappa shape index (κ2) is 3.96. The number of esters is 1. The van der Waals surface area contributed by atoms with E-state index in [4.69, 9.17) is 5.11 Å². The first-order valence-corrected chi connectivity index (χ1v) is 5.04. The van der Waals surface area contributed by atoms with Gasteiger partial charge in [-0.2, -0.15) is 0 Å². The van der Waals surface area contributed by atoms with Crippen molar-refractivity contribution in [1.82, 2.24) is 0 Å². The van der Waals surface area contributed by atoms with E-state index in [0.29, 0.717) is 12.0 Å². The van der Waals surface area contributed by atoms with Gasteiger partial charge in [-0.3, -0.25) is 4.79 Å². The molecule has 1 aromatic carbocycles. The summed E-state index contributed by atoms with van der Waals surface area (Å²) in [5.41, 5.74) is 1.37. The summed E-state index contributed by atoms with van der Waals surface area (Å²) in [6, 6.07) is 6.96. The number of carbonyl (C=O) groups excluding carboxylic acids is 1. The fourth-order valence-corrected chi connectivity index (χ4v) is 1.85. The van der Waals surface area contributed by atoms with E-state index in [9.17, 15) is 9.59 Å². The van der Waals surface area contributed by atoms with Crippen LogP contribution in [0.4, 0.5) is 0 Å². The molecule has 0 heterocycles. The quantitative estimate of drug-likeness (QED) is 0.787. The van der Waals surface area contributed by atoms with Gasteiger partial charge in [-0.25, -0.2) is 4.79 Å². The predicted molar refractivity (Wildman–Crippen MR) is 56.3 cm³/mol. The van der Waals surface area contributed by atoms with Crippen molar-refractivity contribution in [3.63, 3.8) is 0 Å². The van der Waals surface area contributed by atoms with Crippen LogP contribution in [0.15, 0.2) is 24.3 Å². The van der Waals surface area contributed by atoms with Crippen LogP contribution < -0.4 is 0 Å². The Hall–Kier alpha value is -1.84. The molecule has 2 unspecified atom stereocenters. The Morgan fingerprint density at radius 2 is 2.19 bits per heavy atom. The first-order chi connectivity index (χ1) is 7.63. The molecular weight excluding hydrogens is 208 g/mol. The lowest BCUT2D eigenvalue weighted by Gasteiger charge is -2.02. The van der Waals surface area contributed by atoms with Crippen molar-refractivity contribution < 1.29 is 19.4 Å². The number of ether oxygens (including phenoxy) is 1. The number of benzene rings is 1. The average molecular weight is 220 g/mol. The molecule has 1 aliphatic rings. The van der Waals surface area contributed by atoms with Crippen LogP contribution in [0.3, 0.4) is 0 Å². The predicted octanol–water partition coefficient (Wildman–Crippen LogP) is 1.66. The van der Waals surface area contributed by atoms with Crippen LogP contribution in [-0.2, 0) is 9.53 Å². The minimum atomic E-state index is -0.770. The molecule has 0 bridgehead atoms. The van der Waals surface area contributed by atoms with Crippen LogP contribution in [0.5, 0.6) is 0 Å². The number of hydrogen-bond donors (Lipinski definition) is 1. The molecular formula is C12H12O4. The van der Waals surface area contributed by atoms with Crippen LogP contribution in [0, 0.1) is 5.92 Å². The third kappa shape index (κ3) is 1.91. The molecule has 2 atom stereocenters. The van der Waals surface area contributed by atoms with Crippen molar-refractivity contribution in [2.75, 3.05) is 7.11 Å². The SMILES string of the molecule is COC(=O)c1cccc(C2CC2C(=O)O)c1. The fraction of sp³-hybridized carbons (Fsp3) is 0.333.